The minimum absolute atomic E-state index is 0.174. The Morgan fingerprint density at radius 1 is 1.00 bits per heavy atom. The summed E-state index contributed by atoms with van der Waals surface area (Å²) in [6.45, 7) is 5.31. The third-order valence-electron chi connectivity index (χ3n) is 2.37. The summed E-state index contributed by atoms with van der Waals surface area (Å²) in [4.78, 5) is 0. The summed E-state index contributed by atoms with van der Waals surface area (Å²) in [6.07, 6.45) is 2.08. The molecule has 0 aliphatic rings. The molecule has 1 rings (SSSR count). The van der Waals surface area contributed by atoms with Gasteiger partial charge >= 0.3 is 7.82 Å². The monoisotopic (exact) mass is 302 g/mol. The van der Waals surface area contributed by atoms with Crippen LogP contribution in [0.3, 0.4) is 0 Å². The highest BCUT2D eigenvalue weighted by Crippen LogP contribution is 2.49. The van der Waals surface area contributed by atoms with Crippen molar-refractivity contribution in [3.63, 3.8) is 0 Å². The molecule has 0 N–H and O–H groups in total. The van der Waals surface area contributed by atoms with Crippen molar-refractivity contribution in [2.75, 3.05) is 26.4 Å². The van der Waals surface area contributed by atoms with E-state index in [2.05, 4.69) is 6.92 Å². The van der Waals surface area contributed by atoms with E-state index in [0.717, 1.165) is 12.8 Å². The molecule has 0 saturated carbocycles. The van der Waals surface area contributed by atoms with Gasteiger partial charge in [0.15, 0.2) is 0 Å². The van der Waals surface area contributed by atoms with Crippen molar-refractivity contribution >= 4 is 7.82 Å². The summed E-state index contributed by atoms with van der Waals surface area (Å²) in [5.74, 6) is 0.455. The topological polar surface area (TPSA) is 54.0 Å². The quantitative estimate of drug-likeness (QED) is 0.456. The molecule has 0 heterocycles. The van der Waals surface area contributed by atoms with E-state index >= 15 is 0 Å². The Balaban J connectivity index is 2.39. The van der Waals surface area contributed by atoms with Gasteiger partial charge in [-0.1, -0.05) is 31.5 Å². The molecule has 1 aromatic rings. The van der Waals surface area contributed by atoms with Crippen molar-refractivity contribution in [1.82, 2.24) is 0 Å². The van der Waals surface area contributed by atoms with Crippen molar-refractivity contribution in [2.24, 2.45) is 0 Å². The van der Waals surface area contributed by atoms with Crippen LogP contribution in [0.1, 0.15) is 26.7 Å². The van der Waals surface area contributed by atoms with Gasteiger partial charge in [-0.3, -0.25) is 9.05 Å². The number of phosphoric ester groups is 1. The fraction of sp³-hybridized carbons (Fsp3) is 0.571. The van der Waals surface area contributed by atoms with Gasteiger partial charge in [0.1, 0.15) is 5.75 Å². The number of hydrogen-bond acceptors (Lipinski definition) is 5. The molecule has 1 unspecified atom stereocenters. The average Bonchev–Trinajstić information content (AvgIpc) is 2.44. The highest BCUT2D eigenvalue weighted by atomic mass is 31.2. The Morgan fingerprint density at radius 2 is 1.75 bits per heavy atom. The van der Waals surface area contributed by atoms with E-state index in [9.17, 15) is 4.57 Å². The van der Waals surface area contributed by atoms with E-state index in [1.165, 1.54) is 0 Å². The normalized spacial score (nSPS) is 13.9. The predicted octanol–water partition coefficient (Wildman–Crippen LogP) is 4.04. The van der Waals surface area contributed by atoms with Gasteiger partial charge < -0.3 is 9.26 Å². The van der Waals surface area contributed by atoms with Gasteiger partial charge in [0, 0.05) is 6.61 Å². The second-order valence-corrected chi connectivity index (χ2v) is 5.66. The molecule has 0 aliphatic carbocycles. The van der Waals surface area contributed by atoms with Crippen LogP contribution in [0.15, 0.2) is 30.3 Å². The zero-order valence-corrected chi connectivity index (χ0v) is 13.0. The van der Waals surface area contributed by atoms with Gasteiger partial charge in [-0.2, -0.15) is 0 Å². The molecule has 0 fully saturated rings. The molecule has 1 aromatic carbocycles. The molecule has 0 aromatic heterocycles. The second-order valence-electron chi connectivity index (χ2n) is 4.07. The molecule has 114 valence electrons. The molecule has 0 amide bonds. The highest BCUT2D eigenvalue weighted by Gasteiger charge is 2.27. The molecule has 6 heteroatoms. The van der Waals surface area contributed by atoms with Gasteiger partial charge in [0.05, 0.1) is 19.8 Å². The first-order valence-corrected chi connectivity index (χ1v) is 8.37. The van der Waals surface area contributed by atoms with Crippen LogP contribution < -0.4 is 4.52 Å². The van der Waals surface area contributed by atoms with Gasteiger partial charge in [-0.05, 0) is 25.5 Å². The molecule has 0 aliphatic heterocycles. The Labute approximate surface area is 120 Å². The summed E-state index contributed by atoms with van der Waals surface area (Å²) in [7, 11) is -3.58. The van der Waals surface area contributed by atoms with Crippen LogP contribution >= 0.6 is 7.82 Å². The zero-order valence-electron chi connectivity index (χ0n) is 12.1. The van der Waals surface area contributed by atoms with Crippen LogP contribution in [-0.4, -0.2) is 26.4 Å². The summed E-state index contributed by atoms with van der Waals surface area (Å²) >= 11 is 0. The molecule has 0 spiro atoms. The minimum atomic E-state index is -3.58. The van der Waals surface area contributed by atoms with Crippen LogP contribution in [0.4, 0.5) is 0 Å². The smallest absolute Gasteiger partial charge is 0.404 e. The van der Waals surface area contributed by atoms with Gasteiger partial charge in [0.2, 0.25) is 0 Å². The molecule has 1 atom stereocenters. The largest absolute Gasteiger partial charge is 0.530 e. The van der Waals surface area contributed by atoms with Crippen LogP contribution in [0.5, 0.6) is 5.75 Å². The average molecular weight is 302 g/mol. The van der Waals surface area contributed by atoms with Gasteiger partial charge in [-0.15, -0.1) is 0 Å². The predicted molar refractivity (Wildman–Crippen MR) is 78.0 cm³/mol. The van der Waals surface area contributed by atoms with Crippen molar-refractivity contribution in [1.29, 1.82) is 0 Å². The van der Waals surface area contributed by atoms with Crippen LogP contribution in [-0.2, 0) is 18.3 Å². The lowest BCUT2D eigenvalue weighted by Gasteiger charge is -2.17. The highest BCUT2D eigenvalue weighted by molar-refractivity contribution is 7.48. The van der Waals surface area contributed by atoms with E-state index in [1.807, 2.05) is 6.07 Å². The van der Waals surface area contributed by atoms with Crippen LogP contribution in [0.2, 0.25) is 0 Å². The molecule has 20 heavy (non-hydrogen) atoms. The lowest BCUT2D eigenvalue weighted by Crippen LogP contribution is -2.08. The number of unbranched alkanes of at least 4 members (excludes halogenated alkanes) is 1. The first-order chi connectivity index (χ1) is 9.70. The third kappa shape index (κ3) is 7.06. The van der Waals surface area contributed by atoms with E-state index in [4.69, 9.17) is 18.3 Å². The maximum atomic E-state index is 12.3. The fourth-order valence-corrected chi connectivity index (χ4v) is 2.59. The Hall–Kier alpha value is -0.870. The van der Waals surface area contributed by atoms with Crippen LogP contribution in [0, 0.1) is 0 Å². The summed E-state index contributed by atoms with van der Waals surface area (Å²) in [6, 6.07) is 8.83. The maximum absolute atomic E-state index is 12.3. The lowest BCUT2D eigenvalue weighted by molar-refractivity contribution is 0.0783. The second kappa shape index (κ2) is 9.94. The first-order valence-electron chi connectivity index (χ1n) is 6.91. The molecular formula is C14H23O5P. The Kier molecular flexibility index (Phi) is 8.54. The lowest BCUT2D eigenvalue weighted by atomic mass is 10.3. The number of ether oxygens (including phenoxy) is 1. The van der Waals surface area contributed by atoms with Crippen molar-refractivity contribution in [3.8, 4) is 5.75 Å². The van der Waals surface area contributed by atoms with E-state index in [1.54, 1.807) is 31.2 Å². The Bertz CT molecular complexity index is 396. The summed E-state index contributed by atoms with van der Waals surface area (Å²) in [5, 5.41) is 0. The van der Waals surface area contributed by atoms with Gasteiger partial charge in [-0.25, -0.2) is 4.57 Å². The number of para-hydroxylation sites is 1. The molecular weight excluding hydrogens is 279 g/mol. The minimum Gasteiger partial charge on any atom is -0.404 e. The number of benzene rings is 1. The summed E-state index contributed by atoms with van der Waals surface area (Å²) < 4.78 is 33.4. The number of phosphoric acid groups is 1. The van der Waals surface area contributed by atoms with E-state index in [-0.39, 0.29) is 13.2 Å². The number of rotatable bonds is 11. The molecule has 0 saturated heterocycles. The molecule has 0 radical (unpaired) electrons. The third-order valence-corrected chi connectivity index (χ3v) is 3.87. The number of hydrogen-bond donors (Lipinski definition) is 0. The fourth-order valence-electron chi connectivity index (χ4n) is 1.41. The van der Waals surface area contributed by atoms with Gasteiger partial charge in [0.25, 0.3) is 0 Å². The molecule has 0 bridgehead atoms. The maximum Gasteiger partial charge on any atom is 0.530 e. The van der Waals surface area contributed by atoms with E-state index in [0.29, 0.717) is 19.0 Å². The van der Waals surface area contributed by atoms with Crippen molar-refractivity contribution < 1.29 is 22.9 Å². The SMILES string of the molecule is CCCCOCCOP(=O)(OCC)Oc1ccccc1. The molecule has 5 nitrogen and oxygen atoms in total. The summed E-state index contributed by atoms with van der Waals surface area (Å²) in [5.41, 5.74) is 0. The van der Waals surface area contributed by atoms with Crippen molar-refractivity contribution in [3.05, 3.63) is 30.3 Å². The van der Waals surface area contributed by atoms with E-state index < -0.39 is 7.82 Å². The van der Waals surface area contributed by atoms with Crippen molar-refractivity contribution in [2.45, 2.75) is 26.7 Å². The standard InChI is InChI=1S/C14H23O5P/c1-3-5-11-16-12-13-18-20(15,17-4-2)19-14-9-7-6-8-10-14/h6-10H,3-5,11-13H2,1-2H3. The van der Waals surface area contributed by atoms with Crippen LogP contribution in [0.25, 0.3) is 0 Å². The first kappa shape index (κ1) is 17.2. The zero-order chi connectivity index (χ0) is 14.7. The Morgan fingerprint density at radius 3 is 2.40 bits per heavy atom.